The molecule has 0 aliphatic carbocycles. The first-order valence-electron chi connectivity index (χ1n) is 8.07. The van der Waals surface area contributed by atoms with Gasteiger partial charge in [-0.25, -0.2) is 13.1 Å². The maximum Gasteiger partial charge on any atom is 0.211 e. The number of nitrogens with one attached hydrogen (secondary N) is 1. The highest BCUT2D eigenvalue weighted by Crippen LogP contribution is 2.28. The predicted molar refractivity (Wildman–Crippen MR) is 95.3 cm³/mol. The minimum Gasteiger partial charge on any atom is -0.304 e. The molecule has 1 heterocycles. The lowest BCUT2D eigenvalue weighted by Crippen LogP contribution is -2.48. The molecule has 0 bridgehead atoms. The molecule has 0 amide bonds. The lowest BCUT2D eigenvalue weighted by atomic mass is 10.0. The van der Waals surface area contributed by atoms with Crippen LogP contribution in [0.4, 0.5) is 0 Å². The Kier molecular flexibility index (Phi) is 6.85. The summed E-state index contributed by atoms with van der Waals surface area (Å²) < 4.78 is 26.8. The summed E-state index contributed by atoms with van der Waals surface area (Å²) in [5, 5.41) is 0.686. The zero-order valence-electron chi connectivity index (χ0n) is 13.8. The Morgan fingerprint density at radius 2 is 1.87 bits per heavy atom. The van der Waals surface area contributed by atoms with Crippen LogP contribution in [0.25, 0.3) is 0 Å². The second-order valence-electron chi connectivity index (χ2n) is 6.04. The van der Waals surface area contributed by atoms with E-state index in [1.807, 2.05) is 31.2 Å². The summed E-state index contributed by atoms with van der Waals surface area (Å²) in [4.78, 5) is 4.59. The fraction of sp³-hybridized carbons (Fsp3) is 0.625. The fourth-order valence-electron chi connectivity index (χ4n) is 2.86. The number of rotatable bonds is 7. The predicted octanol–water partition coefficient (Wildman–Crippen LogP) is 1.96. The Hall–Kier alpha value is -0.660. The van der Waals surface area contributed by atoms with E-state index in [9.17, 15) is 8.42 Å². The van der Waals surface area contributed by atoms with Crippen molar-refractivity contribution < 1.29 is 8.42 Å². The number of hydrogen-bond donors (Lipinski definition) is 1. The number of halogens is 1. The fourth-order valence-corrected chi connectivity index (χ4v) is 4.22. The molecule has 5 nitrogen and oxygen atoms in total. The summed E-state index contributed by atoms with van der Waals surface area (Å²) in [7, 11) is -1.12. The molecule has 0 saturated carbocycles. The maximum absolute atomic E-state index is 12.0. The van der Waals surface area contributed by atoms with E-state index in [1.54, 1.807) is 0 Å². The molecular weight excluding hydrogens is 334 g/mol. The van der Waals surface area contributed by atoms with Crippen molar-refractivity contribution in [3.05, 3.63) is 34.9 Å². The van der Waals surface area contributed by atoms with E-state index in [2.05, 4.69) is 21.6 Å². The molecule has 23 heavy (non-hydrogen) atoms. The van der Waals surface area contributed by atoms with Crippen LogP contribution in [-0.2, 0) is 10.0 Å². The van der Waals surface area contributed by atoms with Crippen LogP contribution < -0.4 is 4.72 Å². The molecule has 1 atom stereocenters. The van der Waals surface area contributed by atoms with Gasteiger partial charge in [-0.2, -0.15) is 0 Å². The Morgan fingerprint density at radius 3 is 2.48 bits per heavy atom. The van der Waals surface area contributed by atoms with Crippen molar-refractivity contribution >= 4 is 21.6 Å². The highest BCUT2D eigenvalue weighted by Gasteiger charge is 2.26. The molecule has 0 aromatic heterocycles. The third kappa shape index (κ3) is 5.43. The molecule has 1 unspecified atom stereocenters. The van der Waals surface area contributed by atoms with Crippen molar-refractivity contribution in [1.82, 2.24) is 14.5 Å². The van der Waals surface area contributed by atoms with Crippen LogP contribution in [0.1, 0.15) is 24.9 Å². The molecule has 1 saturated heterocycles. The van der Waals surface area contributed by atoms with E-state index in [1.165, 1.54) is 0 Å². The molecule has 130 valence electrons. The first kappa shape index (κ1) is 18.7. The second kappa shape index (κ2) is 8.44. The van der Waals surface area contributed by atoms with Crippen molar-refractivity contribution in [1.29, 1.82) is 0 Å². The summed E-state index contributed by atoms with van der Waals surface area (Å²) in [6.45, 7) is 5.98. The van der Waals surface area contributed by atoms with Gasteiger partial charge in [0.2, 0.25) is 10.0 Å². The first-order valence-corrected chi connectivity index (χ1v) is 10.1. The minimum absolute atomic E-state index is 0.0379. The first-order chi connectivity index (χ1) is 10.9. The molecule has 1 aromatic rings. The van der Waals surface area contributed by atoms with Crippen LogP contribution >= 0.6 is 11.6 Å². The zero-order valence-corrected chi connectivity index (χ0v) is 15.4. The van der Waals surface area contributed by atoms with Gasteiger partial charge in [0, 0.05) is 43.8 Å². The van der Waals surface area contributed by atoms with Crippen molar-refractivity contribution in [2.75, 3.05) is 45.5 Å². The van der Waals surface area contributed by atoms with Gasteiger partial charge in [-0.1, -0.05) is 36.7 Å². The summed E-state index contributed by atoms with van der Waals surface area (Å²) in [6.07, 6.45) is 0.612. The molecular formula is C16H26ClN3O2S. The quantitative estimate of drug-likeness (QED) is 0.808. The highest BCUT2D eigenvalue weighted by atomic mass is 35.5. The highest BCUT2D eigenvalue weighted by molar-refractivity contribution is 7.89. The molecule has 1 fully saturated rings. The average molecular weight is 360 g/mol. The van der Waals surface area contributed by atoms with Gasteiger partial charge in [-0.15, -0.1) is 0 Å². The second-order valence-corrected chi connectivity index (χ2v) is 8.38. The summed E-state index contributed by atoms with van der Waals surface area (Å²) in [6, 6.07) is 7.66. The number of nitrogens with zero attached hydrogens (tertiary/aromatic N) is 2. The minimum atomic E-state index is -3.23. The van der Waals surface area contributed by atoms with Gasteiger partial charge in [0.25, 0.3) is 0 Å². The van der Waals surface area contributed by atoms with E-state index in [4.69, 9.17) is 11.6 Å². The lowest BCUT2D eigenvalue weighted by Gasteiger charge is -2.38. The number of sulfonamides is 1. The van der Waals surface area contributed by atoms with E-state index in [0.717, 1.165) is 31.7 Å². The van der Waals surface area contributed by atoms with Crippen molar-refractivity contribution in [2.45, 2.75) is 19.4 Å². The lowest BCUT2D eigenvalue weighted by molar-refractivity contribution is 0.113. The average Bonchev–Trinajstić information content (AvgIpc) is 2.50. The maximum atomic E-state index is 12.0. The van der Waals surface area contributed by atoms with Gasteiger partial charge in [0.15, 0.2) is 0 Å². The van der Waals surface area contributed by atoms with Gasteiger partial charge in [-0.3, -0.25) is 4.90 Å². The number of likely N-dealkylation sites (N-methyl/N-ethyl adjacent to an activating group) is 1. The van der Waals surface area contributed by atoms with Crippen LogP contribution in [0.2, 0.25) is 5.02 Å². The monoisotopic (exact) mass is 359 g/mol. The standard InChI is InChI=1S/C16H26ClN3O2S/c1-3-12-23(21,22)18-13-16(14-6-4-5-7-15(14)17)20-10-8-19(2)9-11-20/h4-7,16,18H,3,8-13H2,1-2H3. The van der Waals surface area contributed by atoms with E-state index in [-0.39, 0.29) is 11.8 Å². The van der Waals surface area contributed by atoms with E-state index in [0.29, 0.717) is 18.0 Å². The smallest absolute Gasteiger partial charge is 0.211 e. The molecule has 1 aliphatic rings. The number of hydrogen-bond acceptors (Lipinski definition) is 4. The van der Waals surface area contributed by atoms with Crippen molar-refractivity contribution in [3.8, 4) is 0 Å². The normalized spacial score (nSPS) is 18.9. The topological polar surface area (TPSA) is 52.7 Å². The van der Waals surface area contributed by atoms with Crippen LogP contribution in [-0.4, -0.2) is 63.7 Å². The SMILES string of the molecule is CCCS(=O)(=O)NCC(c1ccccc1Cl)N1CCN(C)CC1. The van der Waals surface area contributed by atoms with Crippen molar-refractivity contribution in [2.24, 2.45) is 0 Å². The Bertz CT molecular complexity index is 601. The Labute approximate surface area is 144 Å². The molecule has 0 spiro atoms. The number of benzene rings is 1. The van der Waals surface area contributed by atoms with Crippen LogP contribution in [0.3, 0.4) is 0 Å². The van der Waals surface area contributed by atoms with Gasteiger partial charge in [0.1, 0.15) is 0 Å². The summed E-state index contributed by atoms with van der Waals surface area (Å²) in [5.74, 6) is 0.158. The van der Waals surface area contributed by atoms with Crippen LogP contribution in [0, 0.1) is 0 Å². The molecule has 7 heteroatoms. The van der Waals surface area contributed by atoms with E-state index >= 15 is 0 Å². The summed E-state index contributed by atoms with van der Waals surface area (Å²) >= 11 is 6.36. The van der Waals surface area contributed by atoms with Gasteiger partial charge in [0.05, 0.1) is 5.75 Å². The number of piperazine rings is 1. The molecule has 1 aliphatic heterocycles. The molecule has 2 rings (SSSR count). The Balaban J connectivity index is 2.17. The molecule has 0 radical (unpaired) electrons. The molecule has 1 N–H and O–H groups in total. The van der Waals surface area contributed by atoms with Crippen molar-refractivity contribution in [3.63, 3.8) is 0 Å². The largest absolute Gasteiger partial charge is 0.304 e. The van der Waals surface area contributed by atoms with Gasteiger partial charge in [-0.05, 0) is 25.1 Å². The summed E-state index contributed by atoms with van der Waals surface area (Å²) in [5.41, 5.74) is 0.984. The van der Waals surface area contributed by atoms with Gasteiger partial charge >= 0.3 is 0 Å². The van der Waals surface area contributed by atoms with Crippen LogP contribution in [0.5, 0.6) is 0 Å². The van der Waals surface area contributed by atoms with Gasteiger partial charge < -0.3 is 4.90 Å². The Morgan fingerprint density at radius 1 is 1.22 bits per heavy atom. The molecule has 1 aromatic carbocycles. The third-order valence-corrected chi connectivity index (χ3v) is 6.11. The zero-order chi connectivity index (χ0) is 16.9. The van der Waals surface area contributed by atoms with Crippen LogP contribution in [0.15, 0.2) is 24.3 Å². The van der Waals surface area contributed by atoms with E-state index < -0.39 is 10.0 Å². The third-order valence-electron chi connectivity index (χ3n) is 4.21.